The van der Waals surface area contributed by atoms with Crippen molar-refractivity contribution in [3.8, 4) is 0 Å². The van der Waals surface area contributed by atoms with Gasteiger partial charge in [0.15, 0.2) is 0 Å². The van der Waals surface area contributed by atoms with Crippen LogP contribution in [0.3, 0.4) is 0 Å². The van der Waals surface area contributed by atoms with E-state index in [1.165, 1.54) is 0 Å². The number of aromatic nitrogens is 1. The van der Waals surface area contributed by atoms with Crippen LogP contribution in [0.4, 0.5) is 0 Å². The highest BCUT2D eigenvalue weighted by molar-refractivity contribution is 5.09. The lowest BCUT2D eigenvalue weighted by molar-refractivity contribution is 0.0469. The molecule has 0 aliphatic heterocycles. The quantitative estimate of drug-likeness (QED) is 0.543. The molecule has 1 rings (SSSR count). The van der Waals surface area contributed by atoms with E-state index in [2.05, 4.69) is 9.82 Å². The van der Waals surface area contributed by atoms with E-state index in [-0.39, 0.29) is 0 Å². The molecule has 2 N–H and O–H groups in total. The normalized spacial score (nSPS) is 10.5. The number of ether oxygens (including phenoxy) is 1. The summed E-state index contributed by atoms with van der Waals surface area (Å²) in [6, 6.07) is 6.06. The molecule has 0 aromatic carbocycles. The zero-order valence-electron chi connectivity index (χ0n) is 9.11. The highest BCUT2D eigenvalue weighted by Gasteiger charge is 1.95. The van der Waals surface area contributed by atoms with Crippen molar-refractivity contribution in [1.29, 1.82) is 0 Å². The van der Waals surface area contributed by atoms with E-state index in [1.807, 2.05) is 25.1 Å². The maximum Gasteiger partial charge on any atom is 0.0913 e. The van der Waals surface area contributed by atoms with Gasteiger partial charge in [-0.15, -0.1) is 0 Å². The van der Waals surface area contributed by atoms with Gasteiger partial charge in [-0.3, -0.25) is 4.98 Å². The van der Waals surface area contributed by atoms with Crippen molar-refractivity contribution in [2.75, 3.05) is 19.8 Å². The number of aryl methyl sites for hydroxylation is 2. The van der Waals surface area contributed by atoms with Crippen LogP contribution in [0.25, 0.3) is 0 Å². The minimum Gasteiger partial charge on any atom is -0.379 e. The molecule has 4 heteroatoms. The molecule has 4 nitrogen and oxygen atoms in total. The fraction of sp³-hybridized carbons (Fsp3) is 0.545. The van der Waals surface area contributed by atoms with Gasteiger partial charge < -0.3 is 9.57 Å². The fourth-order valence-electron chi connectivity index (χ4n) is 1.30. The second-order valence-corrected chi connectivity index (χ2v) is 3.36. The minimum atomic E-state index is 0.447. The smallest absolute Gasteiger partial charge is 0.0913 e. The summed E-state index contributed by atoms with van der Waals surface area (Å²) in [6.07, 6.45) is 1.92. The van der Waals surface area contributed by atoms with Gasteiger partial charge in [0.25, 0.3) is 0 Å². The molecule has 1 aromatic heterocycles. The van der Waals surface area contributed by atoms with E-state index in [1.54, 1.807) is 0 Å². The Morgan fingerprint density at radius 1 is 1.27 bits per heavy atom. The van der Waals surface area contributed by atoms with Crippen LogP contribution in [0.5, 0.6) is 0 Å². The van der Waals surface area contributed by atoms with Gasteiger partial charge in [-0.25, -0.2) is 5.90 Å². The van der Waals surface area contributed by atoms with Crippen LogP contribution in [0.2, 0.25) is 0 Å². The number of nitrogens with zero attached hydrogens (tertiary/aromatic N) is 1. The average Bonchev–Trinajstić information content (AvgIpc) is 2.23. The molecular formula is C11H18N2O2. The third-order valence-electron chi connectivity index (χ3n) is 2.01. The monoisotopic (exact) mass is 210 g/mol. The Balaban J connectivity index is 2.10. The van der Waals surface area contributed by atoms with E-state index in [0.29, 0.717) is 13.2 Å². The summed E-state index contributed by atoms with van der Waals surface area (Å²) in [5.74, 6) is 4.86. The lowest BCUT2D eigenvalue weighted by Crippen LogP contribution is -2.09. The molecule has 1 aromatic rings. The molecule has 84 valence electrons. The summed E-state index contributed by atoms with van der Waals surface area (Å²) in [5.41, 5.74) is 2.18. The molecule has 0 bridgehead atoms. The summed E-state index contributed by atoms with van der Waals surface area (Å²) >= 11 is 0. The maximum absolute atomic E-state index is 5.29. The van der Waals surface area contributed by atoms with E-state index < -0.39 is 0 Å². The zero-order chi connectivity index (χ0) is 10.9. The van der Waals surface area contributed by atoms with E-state index in [4.69, 9.17) is 10.6 Å². The Kier molecular flexibility index (Phi) is 5.92. The fourth-order valence-corrected chi connectivity index (χ4v) is 1.30. The first-order chi connectivity index (χ1) is 7.33. The topological polar surface area (TPSA) is 57.4 Å². The standard InChI is InChI=1S/C11H18N2O2/c1-10-4-2-5-11(13-10)6-3-7-14-8-9-15-12/h2,4-5H,3,6-9,12H2,1H3. The third kappa shape index (κ3) is 5.47. The average molecular weight is 210 g/mol. The molecule has 0 amide bonds. The number of nitrogens with two attached hydrogens (primary N) is 1. The van der Waals surface area contributed by atoms with Crippen molar-refractivity contribution in [2.45, 2.75) is 19.8 Å². The van der Waals surface area contributed by atoms with Gasteiger partial charge in [0.05, 0.1) is 13.2 Å². The van der Waals surface area contributed by atoms with E-state index in [9.17, 15) is 0 Å². The summed E-state index contributed by atoms with van der Waals surface area (Å²) in [4.78, 5) is 8.79. The Morgan fingerprint density at radius 3 is 2.87 bits per heavy atom. The maximum atomic E-state index is 5.29. The molecule has 0 fully saturated rings. The number of hydrogen-bond acceptors (Lipinski definition) is 4. The van der Waals surface area contributed by atoms with E-state index >= 15 is 0 Å². The summed E-state index contributed by atoms with van der Waals surface area (Å²) in [7, 11) is 0. The molecule has 0 radical (unpaired) electrons. The number of rotatable bonds is 7. The molecule has 0 saturated heterocycles. The predicted octanol–water partition coefficient (Wildman–Crippen LogP) is 1.23. The van der Waals surface area contributed by atoms with Crippen LogP contribution < -0.4 is 5.90 Å². The molecule has 1 heterocycles. The molecule has 0 aliphatic rings. The lowest BCUT2D eigenvalue weighted by Gasteiger charge is -2.03. The van der Waals surface area contributed by atoms with Crippen molar-refractivity contribution in [3.05, 3.63) is 29.6 Å². The summed E-state index contributed by atoms with van der Waals surface area (Å²) in [5, 5.41) is 0. The predicted molar refractivity (Wildman–Crippen MR) is 58.3 cm³/mol. The molecule has 0 aliphatic carbocycles. The highest BCUT2D eigenvalue weighted by Crippen LogP contribution is 2.01. The Bertz CT molecular complexity index is 279. The first kappa shape index (κ1) is 12.1. The van der Waals surface area contributed by atoms with Crippen LogP contribution in [0.1, 0.15) is 17.8 Å². The first-order valence-electron chi connectivity index (χ1n) is 5.15. The van der Waals surface area contributed by atoms with Gasteiger partial charge in [-0.1, -0.05) is 6.07 Å². The van der Waals surface area contributed by atoms with Gasteiger partial charge in [0.1, 0.15) is 0 Å². The zero-order valence-corrected chi connectivity index (χ0v) is 9.11. The van der Waals surface area contributed by atoms with Crippen molar-refractivity contribution >= 4 is 0 Å². The van der Waals surface area contributed by atoms with Crippen LogP contribution in [0.15, 0.2) is 18.2 Å². The number of pyridine rings is 1. The van der Waals surface area contributed by atoms with Gasteiger partial charge in [-0.2, -0.15) is 0 Å². The van der Waals surface area contributed by atoms with Gasteiger partial charge in [-0.05, 0) is 31.9 Å². The van der Waals surface area contributed by atoms with Crippen LogP contribution >= 0.6 is 0 Å². The Morgan fingerprint density at radius 2 is 2.13 bits per heavy atom. The van der Waals surface area contributed by atoms with Gasteiger partial charge >= 0.3 is 0 Å². The van der Waals surface area contributed by atoms with E-state index in [0.717, 1.165) is 30.8 Å². The summed E-state index contributed by atoms with van der Waals surface area (Å²) in [6.45, 7) is 3.72. The van der Waals surface area contributed by atoms with Crippen molar-refractivity contribution < 1.29 is 9.57 Å². The van der Waals surface area contributed by atoms with Crippen LogP contribution in [0, 0.1) is 6.92 Å². The summed E-state index contributed by atoms with van der Waals surface area (Å²) < 4.78 is 5.29. The van der Waals surface area contributed by atoms with Gasteiger partial charge in [0, 0.05) is 18.0 Å². The Hall–Kier alpha value is -0.970. The second kappa shape index (κ2) is 7.34. The van der Waals surface area contributed by atoms with Crippen molar-refractivity contribution in [1.82, 2.24) is 4.98 Å². The first-order valence-corrected chi connectivity index (χ1v) is 5.15. The minimum absolute atomic E-state index is 0.447. The molecule has 0 unspecified atom stereocenters. The number of hydrogen-bond donors (Lipinski definition) is 1. The SMILES string of the molecule is Cc1cccc(CCCOCCON)n1. The van der Waals surface area contributed by atoms with Gasteiger partial charge in [0.2, 0.25) is 0 Å². The molecule has 0 atom stereocenters. The highest BCUT2D eigenvalue weighted by atomic mass is 16.6. The van der Waals surface area contributed by atoms with Crippen molar-refractivity contribution in [2.24, 2.45) is 5.90 Å². The largest absolute Gasteiger partial charge is 0.379 e. The molecule has 0 saturated carbocycles. The van der Waals surface area contributed by atoms with Crippen LogP contribution in [-0.2, 0) is 16.0 Å². The second-order valence-electron chi connectivity index (χ2n) is 3.36. The molecule has 0 spiro atoms. The van der Waals surface area contributed by atoms with Crippen molar-refractivity contribution in [3.63, 3.8) is 0 Å². The third-order valence-corrected chi connectivity index (χ3v) is 2.01. The molecule has 15 heavy (non-hydrogen) atoms. The molecular weight excluding hydrogens is 192 g/mol. The van der Waals surface area contributed by atoms with Crippen LogP contribution in [-0.4, -0.2) is 24.8 Å². The Labute approximate surface area is 90.4 Å². The lowest BCUT2D eigenvalue weighted by atomic mass is 10.2.